The van der Waals surface area contributed by atoms with E-state index in [0.717, 1.165) is 64.8 Å². The number of fused-ring (bicyclic) bond motifs is 3. The summed E-state index contributed by atoms with van der Waals surface area (Å²) in [5.74, 6) is 0.929. The van der Waals surface area contributed by atoms with E-state index in [0.29, 0.717) is 6.04 Å². The van der Waals surface area contributed by atoms with Crippen LogP contribution in [0, 0.1) is 6.92 Å². The first kappa shape index (κ1) is 19.6. The van der Waals surface area contributed by atoms with Crippen molar-refractivity contribution in [2.45, 2.75) is 25.8 Å². The van der Waals surface area contributed by atoms with Crippen LogP contribution in [0.25, 0.3) is 33.1 Å². The summed E-state index contributed by atoms with van der Waals surface area (Å²) in [7, 11) is 2.18. The topological polar surface area (TPSA) is 54.2 Å². The number of benzene rings is 2. The van der Waals surface area contributed by atoms with Crippen molar-refractivity contribution in [2.24, 2.45) is 0 Å². The van der Waals surface area contributed by atoms with Gasteiger partial charge in [0.25, 0.3) is 0 Å². The van der Waals surface area contributed by atoms with E-state index in [-0.39, 0.29) is 15.8 Å². The Hall–Kier alpha value is -2.34. The van der Waals surface area contributed by atoms with Crippen molar-refractivity contribution in [1.82, 2.24) is 19.4 Å². The lowest BCUT2D eigenvalue weighted by atomic mass is 10.0. The van der Waals surface area contributed by atoms with E-state index < -0.39 is 0 Å². The molecule has 0 aliphatic carbocycles. The zero-order chi connectivity index (χ0) is 21.0. The maximum atomic E-state index is 9.90. The molecule has 154 valence electrons. The van der Waals surface area contributed by atoms with Crippen molar-refractivity contribution in [1.29, 1.82) is 0 Å². The lowest BCUT2D eigenvalue weighted by Crippen LogP contribution is -2.31. The van der Waals surface area contributed by atoms with Crippen molar-refractivity contribution in [3.05, 3.63) is 52.4 Å². The summed E-state index contributed by atoms with van der Waals surface area (Å²) in [6.45, 7) is 4.25. The Bertz CT molecular complexity index is 1250. The molecule has 30 heavy (non-hydrogen) atoms. The van der Waals surface area contributed by atoms with Gasteiger partial charge in [0, 0.05) is 11.4 Å². The summed E-state index contributed by atoms with van der Waals surface area (Å²) in [4.78, 5) is 11.8. The number of hydrogen-bond acceptors (Lipinski definition) is 4. The molecule has 1 aliphatic rings. The van der Waals surface area contributed by atoms with Crippen LogP contribution in [0.4, 0.5) is 0 Å². The third-order valence-corrected chi connectivity index (χ3v) is 6.67. The second-order valence-electron chi connectivity index (χ2n) is 8.08. The lowest BCUT2D eigenvalue weighted by molar-refractivity contribution is 0.222. The standard InChI is InChI=1S/C23H22Cl2N4O/c1-13-27-21-12-26-20-4-3-14(15-10-18(24)23(30)19(25)11-15)9-17(20)22(21)29(13)16-5-7-28(2)8-6-16/h3-4,9-12,16,30H,5-8H2,1-2H3. The molecular formula is C23H22Cl2N4O. The molecule has 0 amide bonds. The van der Waals surface area contributed by atoms with Gasteiger partial charge in [-0.3, -0.25) is 4.98 Å². The van der Waals surface area contributed by atoms with Crippen molar-refractivity contribution in [3.63, 3.8) is 0 Å². The Balaban J connectivity index is 1.72. The normalized spacial score (nSPS) is 16.0. The molecule has 0 spiro atoms. The first-order chi connectivity index (χ1) is 14.4. The molecule has 0 unspecified atom stereocenters. The molecule has 0 bridgehead atoms. The van der Waals surface area contributed by atoms with Crippen molar-refractivity contribution in [2.75, 3.05) is 20.1 Å². The van der Waals surface area contributed by atoms with E-state index >= 15 is 0 Å². The molecule has 5 rings (SSSR count). The predicted molar refractivity (Wildman–Crippen MR) is 123 cm³/mol. The zero-order valence-electron chi connectivity index (χ0n) is 16.9. The summed E-state index contributed by atoms with van der Waals surface area (Å²) in [5, 5.41) is 11.4. The van der Waals surface area contributed by atoms with E-state index in [1.54, 1.807) is 12.1 Å². The molecule has 1 aliphatic heterocycles. The Morgan fingerprint density at radius 1 is 1.00 bits per heavy atom. The minimum atomic E-state index is -0.0945. The van der Waals surface area contributed by atoms with E-state index in [2.05, 4.69) is 34.5 Å². The fourth-order valence-corrected chi connectivity index (χ4v) is 4.99. The number of imidazole rings is 1. The molecule has 1 fully saturated rings. The second kappa shape index (κ2) is 7.41. The average Bonchev–Trinajstić information content (AvgIpc) is 3.08. The number of pyridine rings is 1. The van der Waals surface area contributed by atoms with Crippen LogP contribution < -0.4 is 0 Å². The van der Waals surface area contributed by atoms with E-state index in [1.165, 1.54) is 0 Å². The Morgan fingerprint density at radius 2 is 1.70 bits per heavy atom. The molecule has 1 saturated heterocycles. The number of halogens is 2. The number of rotatable bonds is 2. The zero-order valence-corrected chi connectivity index (χ0v) is 18.4. The smallest absolute Gasteiger partial charge is 0.152 e. The molecule has 5 nitrogen and oxygen atoms in total. The number of phenols is 1. The highest BCUT2D eigenvalue weighted by Gasteiger charge is 2.23. The number of aromatic nitrogens is 3. The molecule has 3 heterocycles. The minimum Gasteiger partial charge on any atom is -0.505 e. The number of phenolic OH excluding ortho intramolecular Hbond substituents is 1. The van der Waals surface area contributed by atoms with Crippen LogP contribution in [0.5, 0.6) is 5.75 Å². The number of hydrogen-bond donors (Lipinski definition) is 1. The maximum absolute atomic E-state index is 9.90. The lowest BCUT2D eigenvalue weighted by Gasteiger charge is -2.31. The molecule has 1 N–H and O–H groups in total. The number of nitrogens with zero attached hydrogens (tertiary/aromatic N) is 4. The van der Waals surface area contributed by atoms with Gasteiger partial charge in [0.2, 0.25) is 0 Å². The second-order valence-corrected chi connectivity index (χ2v) is 8.89. The average molecular weight is 441 g/mol. The highest BCUT2D eigenvalue weighted by Crippen LogP contribution is 2.38. The quantitative estimate of drug-likeness (QED) is 0.425. The molecule has 0 saturated carbocycles. The monoisotopic (exact) mass is 440 g/mol. The third-order valence-electron chi connectivity index (χ3n) is 6.10. The van der Waals surface area contributed by atoms with Gasteiger partial charge in [0.15, 0.2) is 5.75 Å². The molecule has 2 aromatic heterocycles. The van der Waals surface area contributed by atoms with Crippen LogP contribution in [-0.2, 0) is 0 Å². The highest BCUT2D eigenvalue weighted by atomic mass is 35.5. The van der Waals surface area contributed by atoms with Crippen LogP contribution in [0.3, 0.4) is 0 Å². The predicted octanol–water partition coefficient (Wildman–Crippen LogP) is 5.84. The Morgan fingerprint density at radius 3 is 2.40 bits per heavy atom. The van der Waals surface area contributed by atoms with Crippen LogP contribution in [0.2, 0.25) is 10.0 Å². The Labute approximate surface area is 184 Å². The van der Waals surface area contributed by atoms with Crippen molar-refractivity contribution >= 4 is 45.1 Å². The SMILES string of the molecule is Cc1nc2cnc3ccc(-c4cc(Cl)c(O)c(Cl)c4)cc3c2n1C1CCN(C)CC1. The maximum Gasteiger partial charge on any atom is 0.152 e. The third kappa shape index (κ3) is 3.22. The molecule has 4 aromatic rings. The van der Waals surface area contributed by atoms with Crippen LogP contribution in [-0.4, -0.2) is 44.7 Å². The van der Waals surface area contributed by atoms with Gasteiger partial charge in [-0.1, -0.05) is 29.3 Å². The van der Waals surface area contributed by atoms with Crippen molar-refractivity contribution in [3.8, 4) is 16.9 Å². The van der Waals surface area contributed by atoms with Crippen LogP contribution >= 0.6 is 23.2 Å². The van der Waals surface area contributed by atoms with E-state index in [4.69, 9.17) is 28.2 Å². The number of aromatic hydroxyl groups is 1. The first-order valence-corrected chi connectivity index (χ1v) is 10.8. The van der Waals surface area contributed by atoms with Gasteiger partial charge < -0.3 is 14.6 Å². The Kier molecular flexibility index (Phi) is 4.85. The number of aryl methyl sites for hydroxylation is 1. The summed E-state index contributed by atoms with van der Waals surface area (Å²) >= 11 is 12.3. The van der Waals surface area contributed by atoms with Gasteiger partial charge in [0.05, 0.1) is 27.3 Å². The minimum absolute atomic E-state index is 0.0945. The molecular weight excluding hydrogens is 419 g/mol. The molecule has 7 heteroatoms. The summed E-state index contributed by atoms with van der Waals surface area (Å²) in [5.41, 5.74) is 4.79. The van der Waals surface area contributed by atoms with Crippen molar-refractivity contribution < 1.29 is 5.11 Å². The summed E-state index contributed by atoms with van der Waals surface area (Å²) < 4.78 is 2.40. The van der Waals surface area contributed by atoms with Crippen LogP contribution in [0.1, 0.15) is 24.7 Å². The van der Waals surface area contributed by atoms with E-state index in [9.17, 15) is 5.11 Å². The van der Waals surface area contributed by atoms with E-state index in [1.807, 2.05) is 18.3 Å². The number of piperidine rings is 1. The summed E-state index contributed by atoms with van der Waals surface area (Å²) in [6, 6.07) is 10.0. The first-order valence-electron chi connectivity index (χ1n) is 10.1. The van der Waals surface area contributed by atoms with Gasteiger partial charge in [-0.05, 0) is 75.3 Å². The highest BCUT2D eigenvalue weighted by molar-refractivity contribution is 6.37. The van der Waals surface area contributed by atoms with Gasteiger partial charge in [-0.2, -0.15) is 0 Å². The molecule has 0 atom stereocenters. The van der Waals surface area contributed by atoms with Gasteiger partial charge >= 0.3 is 0 Å². The van der Waals surface area contributed by atoms with Crippen LogP contribution in [0.15, 0.2) is 36.5 Å². The molecule has 0 radical (unpaired) electrons. The fraction of sp³-hybridized carbons (Fsp3) is 0.304. The molecule has 2 aromatic carbocycles. The summed E-state index contributed by atoms with van der Waals surface area (Å²) in [6.07, 6.45) is 4.08. The van der Waals surface area contributed by atoms with Gasteiger partial charge in [-0.25, -0.2) is 4.98 Å². The number of likely N-dealkylation sites (tertiary alicyclic amines) is 1. The van der Waals surface area contributed by atoms with Gasteiger partial charge in [0.1, 0.15) is 11.3 Å². The van der Waals surface area contributed by atoms with Gasteiger partial charge in [-0.15, -0.1) is 0 Å². The fourth-order valence-electron chi connectivity index (χ4n) is 4.50. The largest absolute Gasteiger partial charge is 0.505 e.